The molecule has 4 N–H and O–H groups in total. The van der Waals surface area contributed by atoms with Crippen LogP contribution in [0.5, 0.6) is 0 Å². The molecule has 0 amide bonds. The molecule has 0 fully saturated rings. The van der Waals surface area contributed by atoms with Gasteiger partial charge in [0.15, 0.2) is 5.60 Å². The van der Waals surface area contributed by atoms with Gasteiger partial charge in [0.05, 0.1) is 0 Å². The number of hydrogen-bond donors (Lipinski definition) is 4. The van der Waals surface area contributed by atoms with Gasteiger partial charge in [-0.15, -0.1) is 0 Å². The average Bonchev–Trinajstić information content (AvgIpc) is 2.42. The van der Waals surface area contributed by atoms with Gasteiger partial charge in [-0.1, -0.05) is 62.3 Å². The highest BCUT2D eigenvalue weighted by molar-refractivity contribution is 5.94. The van der Waals surface area contributed by atoms with Gasteiger partial charge in [0.1, 0.15) is 11.3 Å². The van der Waals surface area contributed by atoms with Gasteiger partial charge in [0, 0.05) is 13.2 Å². The molecule has 2 atom stereocenters. The first-order chi connectivity index (χ1) is 13.1. The maximum atomic E-state index is 12.5. The molecule has 0 bridgehead atoms. The van der Waals surface area contributed by atoms with Gasteiger partial charge < -0.3 is 25.2 Å². The summed E-state index contributed by atoms with van der Waals surface area (Å²) < 4.78 is 4.83. The standard InChI is InChI=1S/C18H32O7.C4H10O/c1-14(2,3)10(11(19)20)17(25,12(21)22)18(13(23)24,15(4,5)6)16(7,8)9;1-3-5-4-2/h10,25H,1-9H3,(H,19,20)(H,21,22)(H,23,24);3-4H2,1-2H3. The number of ether oxygens (including phenoxy) is 1. The zero-order valence-electron chi connectivity index (χ0n) is 20.4. The molecule has 0 saturated heterocycles. The highest BCUT2D eigenvalue weighted by Crippen LogP contribution is 2.62. The predicted molar refractivity (Wildman–Crippen MR) is 114 cm³/mol. The van der Waals surface area contributed by atoms with E-state index in [1.807, 2.05) is 13.8 Å². The van der Waals surface area contributed by atoms with E-state index in [4.69, 9.17) is 4.74 Å². The first-order valence-electron chi connectivity index (χ1n) is 10.1. The Balaban J connectivity index is 0. The molecule has 0 heterocycles. The lowest BCUT2D eigenvalue weighted by molar-refractivity contribution is -0.248. The number of carboxylic acid groups (broad SMARTS) is 3. The van der Waals surface area contributed by atoms with Gasteiger partial charge in [-0.05, 0) is 30.1 Å². The van der Waals surface area contributed by atoms with Crippen molar-refractivity contribution in [1.29, 1.82) is 0 Å². The molecule has 0 aliphatic heterocycles. The van der Waals surface area contributed by atoms with Crippen molar-refractivity contribution < 1.29 is 39.5 Å². The molecule has 0 radical (unpaired) electrons. The Morgan fingerprint density at radius 1 is 0.733 bits per heavy atom. The number of carboxylic acids is 3. The van der Waals surface area contributed by atoms with Crippen LogP contribution in [0.15, 0.2) is 0 Å². The zero-order chi connectivity index (χ0) is 24.9. The van der Waals surface area contributed by atoms with Crippen LogP contribution in [0.25, 0.3) is 0 Å². The lowest BCUT2D eigenvalue weighted by atomic mass is 9.43. The highest BCUT2D eigenvalue weighted by atomic mass is 16.5. The van der Waals surface area contributed by atoms with Crippen LogP contribution in [0.2, 0.25) is 0 Å². The van der Waals surface area contributed by atoms with Gasteiger partial charge in [-0.2, -0.15) is 0 Å². The van der Waals surface area contributed by atoms with Crippen LogP contribution < -0.4 is 0 Å². The fraction of sp³-hybridized carbons (Fsp3) is 0.864. The number of rotatable bonds is 7. The topological polar surface area (TPSA) is 141 Å². The minimum absolute atomic E-state index is 0.844. The van der Waals surface area contributed by atoms with E-state index < -0.39 is 51.1 Å². The summed E-state index contributed by atoms with van der Waals surface area (Å²) in [5, 5.41) is 41.3. The van der Waals surface area contributed by atoms with Crippen LogP contribution in [0.4, 0.5) is 0 Å². The lowest BCUT2D eigenvalue weighted by Gasteiger charge is -2.59. The summed E-state index contributed by atoms with van der Waals surface area (Å²) in [5.74, 6) is -6.82. The van der Waals surface area contributed by atoms with Gasteiger partial charge in [0.2, 0.25) is 0 Å². The lowest BCUT2D eigenvalue weighted by Crippen LogP contribution is -2.74. The van der Waals surface area contributed by atoms with Crippen LogP contribution in [0.1, 0.15) is 76.2 Å². The summed E-state index contributed by atoms with van der Waals surface area (Å²) in [6.07, 6.45) is 0. The van der Waals surface area contributed by atoms with E-state index in [0.29, 0.717) is 0 Å². The predicted octanol–water partition coefficient (Wildman–Crippen LogP) is 3.76. The van der Waals surface area contributed by atoms with Crippen molar-refractivity contribution in [3.05, 3.63) is 0 Å². The molecule has 0 spiro atoms. The summed E-state index contributed by atoms with van der Waals surface area (Å²) in [6, 6.07) is 0. The molecule has 178 valence electrons. The number of aliphatic hydroxyl groups is 1. The molecular weight excluding hydrogens is 392 g/mol. The molecule has 8 heteroatoms. The fourth-order valence-electron chi connectivity index (χ4n) is 4.95. The van der Waals surface area contributed by atoms with E-state index in [1.165, 1.54) is 62.3 Å². The molecule has 2 unspecified atom stereocenters. The number of aliphatic carboxylic acids is 3. The van der Waals surface area contributed by atoms with Crippen molar-refractivity contribution in [2.45, 2.75) is 81.8 Å². The Labute approximate surface area is 180 Å². The maximum Gasteiger partial charge on any atom is 0.337 e. The molecule has 0 aromatic carbocycles. The molecule has 0 aromatic heterocycles. The molecule has 30 heavy (non-hydrogen) atoms. The van der Waals surface area contributed by atoms with E-state index in [9.17, 15) is 34.8 Å². The third-order valence-electron chi connectivity index (χ3n) is 5.41. The second-order valence-electron chi connectivity index (χ2n) is 10.5. The maximum absolute atomic E-state index is 12.5. The minimum atomic E-state index is -3.06. The Hall–Kier alpha value is -1.67. The average molecular weight is 435 g/mol. The Kier molecular flexibility index (Phi) is 10.3. The third kappa shape index (κ3) is 5.52. The van der Waals surface area contributed by atoms with Gasteiger partial charge in [0.25, 0.3) is 0 Å². The summed E-state index contributed by atoms with van der Waals surface area (Å²) in [4.78, 5) is 36.8. The van der Waals surface area contributed by atoms with Crippen molar-refractivity contribution in [2.24, 2.45) is 27.6 Å². The smallest absolute Gasteiger partial charge is 0.337 e. The summed E-state index contributed by atoms with van der Waals surface area (Å²) in [7, 11) is 0. The largest absolute Gasteiger partial charge is 0.481 e. The molecule has 8 nitrogen and oxygen atoms in total. The van der Waals surface area contributed by atoms with Crippen molar-refractivity contribution in [3.8, 4) is 0 Å². The number of hydrogen-bond acceptors (Lipinski definition) is 5. The summed E-state index contributed by atoms with van der Waals surface area (Å²) >= 11 is 0. The summed E-state index contributed by atoms with van der Waals surface area (Å²) in [6.45, 7) is 19.1. The second kappa shape index (κ2) is 10.1. The van der Waals surface area contributed by atoms with Crippen molar-refractivity contribution >= 4 is 17.9 Å². The first-order valence-corrected chi connectivity index (χ1v) is 10.1. The SMILES string of the molecule is CC(C)(C)C(C(=O)O)C(O)(C(=O)O)C(C(=O)O)(C(C)(C)C)C(C)(C)C.CCOCC. The molecule has 0 aliphatic rings. The van der Waals surface area contributed by atoms with Crippen LogP contribution >= 0.6 is 0 Å². The molecule has 0 saturated carbocycles. The van der Waals surface area contributed by atoms with E-state index >= 15 is 0 Å². The van der Waals surface area contributed by atoms with Crippen molar-refractivity contribution in [1.82, 2.24) is 0 Å². The van der Waals surface area contributed by atoms with Crippen LogP contribution in [-0.2, 0) is 19.1 Å². The van der Waals surface area contributed by atoms with E-state index in [0.717, 1.165) is 13.2 Å². The monoisotopic (exact) mass is 434 g/mol. The number of carbonyl (C=O) groups is 3. The zero-order valence-corrected chi connectivity index (χ0v) is 20.4. The minimum Gasteiger partial charge on any atom is -0.481 e. The normalized spacial score (nSPS) is 16.0. The van der Waals surface area contributed by atoms with Crippen molar-refractivity contribution in [2.75, 3.05) is 13.2 Å². The third-order valence-corrected chi connectivity index (χ3v) is 5.41. The molecule has 0 aliphatic carbocycles. The fourth-order valence-corrected chi connectivity index (χ4v) is 4.95. The van der Waals surface area contributed by atoms with E-state index in [1.54, 1.807) is 0 Å². The van der Waals surface area contributed by atoms with Gasteiger partial charge in [-0.3, -0.25) is 9.59 Å². The van der Waals surface area contributed by atoms with Gasteiger partial charge in [-0.25, -0.2) is 4.79 Å². The van der Waals surface area contributed by atoms with Gasteiger partial charge >= 0.3 is 17.9 Å². The van der Waals surface area contributed by atoms with Crippen molar-refractivity contribution in [3.63, 3.8) is 0 Å². The molecule has 0 rings (SSSR count). The highest BCUT2D eigenvalue weighted by Gasteiger charge is 2.76. The van der Waals surface area contributed by atoms with Crippen LogP contribution in [0.3, 0.4) is 0 Å². The summed E-state index contributed by atoms with van der Waals surface area (Å²) in [5.41, 5.74) is -9.11. The Morgan fingerprint density at radius 3 is 1.17 bits per heavy atom. The Morgan fingerprint density at radius 2 is 1.07 bits per heavy atom. The molecular formula is C22H42O8. The van der Waals surface area contributed by atoms with E-state index in [2.05, 4.69) is 0 Å². The van der Waals surface area contributed by atoms with Crippen LogP contribution in [-0.4, -0.2) is 57.1 Å². The van der Waals surface area contributed by atoms with E-state index in [-0.39, 0.29) is 0 Å². The quantitative estimate of drug-likeness (QED) is 0.474. The first kappa shape index (κ1) is 30.5. The second-order valence-corrected chi connectivity index (χ2v) is 10.5. The van der Waals surface area contributed by atoms with Crippen LogP contribution in [0, 0.1) is 27.6 Å². The molecule has 0 aromatic rings. The Bertz CT molecular complexity index is 588.